The number of nitrogens with zero attached hydrogens (tertiary/aromatic N) is 2. The standard InChI is InChI=1S/C17H20N4O2.2BrH/c1-14(22)18-16-4-10-20(11-5-16)8-3-9-21-12-6-17(7-13-21)19-15(2)23;;/h4-7,10-13H,3,8-9H2,1-2H3;2*1H. The molecular formula is C17H22Br2N4O2. The zero-order chi connectivity index (χ0) is 16.7. The Kier molecular flexibility index (Phi) is 10.9. The highest BCUT2D eigenvalue weighted by Gasteiger charge is 2.06. The molecule has 0 bridgehead atoms. The fourth-order valence-electron chi connectivity index (χ4n) is 2.22. The second-order valence-electron chi connectivity index (χ2n) is 5.37. The Morgan fingerprint density at radius 2 is 1.08 bits per heavy atom. The van der Waals surface area contributed by atoms with Crippen LogP contribution in [-0.2, 0) is 22.7 Å². The average Bonchev–Trinajstić information content (AvgIpc) is 2.50. The smallest absolute Gasteiger partial charge is 0.221 e. The van der Waals surface area contributed by atoms with Gasteiger partial charge in [-0.25, -0.2) is 9.13 Å². The second-order valence-corrected chi connectivity index (χ2v) is 5.37. The third-order valence-electron chi connectivity index (χ3n) is 3.26. The van der Waals surface area contributed by atoms with Crippen LogP contribution in [0.4, 0.5) is 11.4 Å². The van der Waals surface area contributed by atoms with Gasteiger partial charge in [-0.1, -0.05) is 0 Å². The van der Waals surface area contributed by atoms with Gasteiger partial charge >= 0.3 is 0 Å². The molecule has 0 aromatic carbocycles. The lowest BCUT2D eigenvalue weighted by Gasteiger charge is -2.02. The van der Waals surface area contributed by atoms with Crippen molar-refractivity contribution in [1.82, 2.24) is 0 Å². The van der Waals surface area contributed by atoms with Crippen LogP contribution in [0.5, 0.6) is 0 Å². The number of hydrogen-bond donors (Lipinski definition) is 2. The maximum absolute atomic E-state index is 11.0. The van der Waals surface area contributed by atoms with E-state index in [1.807, 2.05) is 49.1 Å². The topological polar surface area (TPSA) is 66.0 Å². The number of hydrogen-bond acceptors (Lipinski definition) is 2. The molecule has 2 aromatic rings. The van der Waals surface area contributed by atoms with Gasteiger partial charge in [0.05, 0.1) is 17.8 Å². The van der Waals surface area contributed by atoms with Gasteiger partial charge in [-0.05, 0) is 0 Å². The van der Waals surface area contributed by atoms with Gasteiger partial charge in [0, 0.05) is 38.1 Å². The quantitative estimate of drug-likeness (QED) is 0.414. The van der Waals surface area contributed by atoms with E-state index in [0.717, 1.165) is 30.9 Å². The second kappa shape index (κ2) is 11.7. The van der Waals surface area contributed by atoms with E-state index in [9.17, 15) is 9.59 Å². The average molecular weight is 474 g/mol. The van der Waals surface area contributed by atoms with Crippen molar-refractivity contribution in [2.75, 3.05) is 10.6 Å². The van der Waals surface area contributed by atoms with Gasteiger partial charge < -0.3 is 44.6 Å². The molecule has 2 N–H and O–H groups in total. The summed E-state index contributed by atoms with van der Waals surface area (Å²) in [5.74, 6) is -0.135. The number of anilines is 2. The molecule has 0 saturated heterocycles. The Labute approximate surface area is 168 Å². The molecule has 0 aliphatic rings. The SMILES string of the molecule is CC(=O)Nc1cc[n+](CCC[n+]2ccc(NC(C)=O)cc2)cc1.[Br-].[Br-]. The Morgan fingerprint density at radius 3 is 1.36 bits per heavy atom. The van der Waals surface area contributed by atoms with Gasteiger partial charge in [0.25, 0.3) is 0 Å². The first kappa shape index (κ1) is 23.2. The molecule has 0 saturated carbocycles. The van der Waals surface area contributed by atoms with Crippen LogP contribution >= 0.6 is 0 Å². The lowest BCUT2D eigenvalue weighted by molar-refractivity contribution is -0.726. The molecule has 136 valence electrons. The highest BCUT2D eigenvalue weighted by molar-refractivity contribution is 5.88. The van der Waals surface area contributed by atoms with E-state index >= 15 is 0 Å². The summed E-state index contributed by atoms with van der Waals surface area (Å²) in [5.41, 5.74) is 1.60. The summed E-state index contributed by atoms with van der Waals surface area (Å²) < 4.78 is 4.16. The van der Waals surface area contributed by atoms with Crippen molar-refractivity contribution in [2.24, 2.45) is 0 Å². The molecule has 0 aliphatic carbocycles. The monoisotopic (exact) mass is 472 g/mol. The summed E-state index contributed by atoms with van der Waals surface area (Å²) in [6, 6.07) is 7.54. The number of halogens is 2. The van der Waals surface area contributed by atoms with Gasteiger partial charge in [0.15, 0.2) is 37.9 Å². The van der Waals surface area contributed by atoms with Crippen molar-refractivity contribution in [3.8, 4) is 0 Å². The van der Waals surface area contributed by atoms with E-state index in [0.29, 0.717) is 0 Å². The highest BCUT2D eigenvalue weighted by Crippen LogP contribution is 2.03. The Balaban J connectivity index is 0.00000288. The van der Waals surface area contributed by atoms with Gasteiger partial charge in [0.1, 0.15) is 0 Å². The van der Waals surface area contributed by atoms with E-state index < -0.39 is 0 Å². The molecule has 2 heterocycles. The number of carbonyl (C=O) groups is 2. The molecule has 0 radical (unpaired) electrons. The normalized spacial score (nSPS) is 9.36. The maximum Gasteiger partial charge on any atom is 0.221 e. The summed E-state index contributed by atoms with van der Waals surface area (Å²) >= 11 is 0. The molecule has 8 heteroatoms. The van der Waals surface area contributed by atoms with Crippen molar-refractivity contribution in [2.45, 2.75) is 33.4 Å². The van der Waals surface area contributed by atoms with Crippen LogP contribution in [0.3, 0.4) is 0 Å². The minimum atomic E-state index is -0.0677. The van der Waals surface area contributed by atoms with Crippen molar-refractivity contribution >= 4 is 23.2 Å². The first-order chi connectivity index (χ1) is 11.0. The first-order valence-corrected chi connectivity index (χ1v) is 7.56. The van der Waals surface area contributed by atoms with Crippen molar-refractivity contribution in [3.05, 3.63) is 49.1 Å². The van der Waals surface area contributed by atoms with E-state index in [1.165, 1.54) is 13.8 Å². The minimum absolute atomic E-state index is 0. The third kappa shape index (κ3) is 8.74. The molecule has 25 heavy (non-hydrogen) atoms. The molecular weight excluding hydrogens is 452 g/mol. The molecule has 0 aliphatic heterocycles. The minimum Gasteiger partial charge on any atom is -1.00 e. The van der Waals surface area contributed by atoms with E-state index in [4.69, 9.17) is 0 Å². The van der Waals surface area contributed by atoms with Crippen LogP contribution in [0.25, 0.3) is 0 Å². The number of nitrogens with one attached hydrogen (secondary N) is 2. The highest BCUT2D eigenvalue weighted by atomic mass is 79.9. The first-order valence-electron chi connectivity index (χ1n) is 7.56. The van der Waals surface area contributed by atoms with E-state index in [2.05, 4.69) is 19.8 Å². The largest absolute Gasteiger partial charge is 1.00 e. The molecule has 0 atom stereocenters. The molecule has 0 unspecified atom stereocenters. The van der Waals surface area contributed by atoms with Gasteiger partial charge in [-0.2, -0.15) is 0 Å². The molecule has 2 rings (SSSR count). The lowest BCUT2D eigenvalue weighted by Crippen LogP contribution is -3.00. The van der Waals surface area contributed by atoms with Crippen LogP contribution in [0.1, 0.15) is 20.3 Å². The molecule has 0 spiro atoms. The third-order valence-corrected chi connectivity index (χ3v) is 3.26. The lowest BCUT2D eigenvalue weighted by atomic mass is 10.3. The van der Waals surface area contributed by atoms with E-state index in [-0.39, 0.29) is 45.8 Å². The summed E-state index contributed by atoms with van der Waals surface area (Å²) in [4.78, 5) is 21.9. The number of amides is 2. The Bertz CT molecular complexity index is 617. The number of aromatic nitrogens is 2. The number of carbonyl (C=O) groups excluding carboxylic acids is 2. The van der Waals surface area contributed by atoms with Crippen LogP contribution in [0.15, 0.2) is 49.1 Å². The van der Waals surface area contributed by atoms with Crippen molar-refractivity contribution in [3.63, 3.8) is 0 Å². The van der Waals surface area contributed by atoms with E-state index in [1.54, 1.807) is 0 Å². The number of aryl methyl sites for hydroxylation is 2. The fraction of sp³-hybridized carbons (Fsp3) is 0.294. The Hall–Kier alpha value is -1.80. The summed E-state index contributed by atoms with van der Waals surface area (Å²) in [6.07, 6.45) is 8.80. The number of rotatable bonds is 6. The zero-order valence-corrected chi connectivity index (χ0v) is 17.4. The predicted molar refractivity (Wildman–Crippen MR) is 86.5 cm³/mol. The summed E-state index contributed by atoms with van der Waals surface area (Å²) in [5, 5.41) is 5.49. The fourth-order valence-corrected chi connectivity index (χ4v) is 2.22. The molecule has 2 amide bonds. The van der Waals surface area contributed by atoms with Crippen molar-refractivity contribution < 1.29 is 52.7 Å². The van der Waals surface area contributed by atoms with Crippen LogP contribution in [-0.4, -0.2) is 11.8 Å². The van der Waals surface area contributed by atoms with Gasteiger partial charge in [-0.15, -0.1) is 0 Å². The molecule has 6 nitrogen and oxygen atoms in total. The summed E-state index contributed by atoms with van der Waals surface area (Å²) in [6.45, 7) is 4.77. The van der Waals surface area contributed by atoms with Crippen LogP contribution in [0, 0.1) is 0 Å². The molecule has 2 aromatic heterocycles. The van der Waals surface area contributed by atoms with Crippen LogP contribution in [0.2, 0.25) is 0 Å². The van der Waals surface area contributed by atoms with Crippen LogP contribution < -0.4 is 53.7 Å². The molecule has 0 fully saturated rings. The Morgan fingerprint density at radius 1 is 0.760 bits per heavy atom. The van der Waals surface area contributed by atoms with Gasteiger partial charge in [-0.3, -0.25) is 9.59 Å². The predicted octanol–water partition coefficient (Wildman–Crippen LogP) is -4.72. The van der Waals surface area contributed by atoms with Crippen molar-refractivity contribution in [1.29, 1.82) is 0 Å². The number of pyridine rings is 2. The van der Waals surface area contributed by atoms with Gasteiger partial charge in [0.2, 0.25) is 11.8 Å². The summed E-state index contributed by atoms with van der Waals surface area (Å²) in [7, 11) is 0. The maximum atomic E-state index is 11.0. The zero-order valence-electron chi connectivity index (χ0n) is 14.2.